The van der Waals surface area contributed by atoms with Gasteiger partial charge in [-0.15, -0.1) is 0 Å². The van der Waals surface area contributed by atoms with Gasteiger partial charge in [-0.2, -0.15) is 0 Å². The standard InChI is InChI=1S/C10H13ClO2/c1-12-6-7-13-8-9-2-4-10(11)5-3-9/h2-5H,6-8H2,1H3. The van der Waals surface area contributed by atoms with Gasteiger partial charge in [0.25, 0.3) is 0 Å². The van der Waals surface area contributed by atoms with Crippen LogP contribution in [0.25, 0.3) is 0 Å². The minimum atomic E-state index is 0.612. The van der Waals surface area contributed by atoms with E-state index < -0.39 is 0 Å². The summed E-state index contributed by atoms with van der Waals surface area (Å²) in [7, 11) is 1.66. The van der Waals surface area contributed by atoms with Gasteiger partial charge in [0.2, 0.25) is 0 Å². The highest BCUT2D eigenvalue weighted by atomic mass is 35.5. The van der Waals surface area contributed by atoms with Gasteiger partial charge in [-0.25, -0.2) is 0 Å². The van der Waals surface area contributed by atoms with Gasteiger partial charge in [-0.3, -0.25) is 0 Å². The molecule has 1 aromatic rings. The van der Waals surface area contributed by atoms with Crippen LogP contribution in [0.15, 0.2) is 24.3 Å². The number of hydrogen-bond acceptors (Lipinski definition) is 2. The van der Waals surface area contributed by atoms with Gasteiger partial charge in [0.1, 0.15) is 0 Å². The van der Waals surface area contributed by atoms with Crippen molar-refractivity contribution in [1.29, 1.82) is 0 Å². The fraction of sp³-hybridized carbons (Fsp3) is 0.400. The van der Waals surface area contributed by atoms with Gasteiger partial charge >= 0.3 is 0 Å². The van der Waals surface area contributed by atoms with E-state index in [0.717, 1.165) is 10.6 Å². The fourth-order valence-corrected chi connectivity index (χ4v) is 1.04. The molecule has 0 aliphatic heterocycles. The first-order valence-electron chi connectivity index (χ1n) is 4.14. The third-order valence-electron chi connectivity index (χ3n) is 1.61. The van der Waals surface area contributed by atoms with Crippen molar-refractivity contribution in [2.75, 3.05) is 20.3 Å². The van der Waals surface area contributed by atoms with Crippen molar-refractivity contribution in [2.24, 2.45) is 0 Å². The van der Waals surface area contributed by atoms with E-state index in [2.05, 4.69) is 0 Å². The molecule has 13 heavy (non-hydrogen) atoms. The van der Waals surface area contributed by atoms with Gasteiger partial charge in [-0.05, 0) is 17.7 Å². The van der Waals surface area contributed by atoms with E-state index in [-0.39, 0.29) is 0 Å². The Morgan fingerprint density at radius 2 is 1.85 bits per heavy atom. The molecule has 2 nitrogen and oxygen atoms in total. The molecule has 0 aliphatic rings. The molecule has 0 aromatic heterocycles. The minimum Gasteiger partial charge on any atom is -0.382 e. The summed E-state index contributed by atoms with van der Waals surface area (Å²) in [6.45, 7) is 1.87. The molecule has 0 heterocycles. The molecule has 0 amide bonds. The van der Waals surface area contributed by atoms with Gasteiger partial charge < -0.3 is 9.47 Å². The Balaban J connectivity index is 2.25. The maximum Gasteiger partial charge on any atom is 0.0718 e. The van der Waals surface area contributed by atoms with Gasteiger partial charge in [0.15, 0.2) is 0 Å². The third-order valence-corrected chi connectivity index (χ3v) is 1.87. The molecule has 0 saturated carbocycles. The Labute approximate surface area is 83.4 Å². The zero-order valence-electron chi connectivity index (χ0n) is 7.63. The molecule has 3 heteroatoms. The lowest BCUT2D eigenvalue weighted by molar-refractivity contribution is 0.0616. The second-order valence-corrected chi connectivity index (χ2v) is 3.11. The van der Waals surface area contributed by atoms with Gasteiger partial charge in [0, 0.05) is 12.1 Å². The van der Waals surface area contributed by atoms with Crippen LogP contribution in [0.4, 0.5) is 0 Å². The minimum absolute atomic E-state index is 0.612. The largest absolute Gasteiger partial charge is 0.382 e. The predicted molar refractivity (Wildman–Crippen MR) is 53.0 cm³/mol. The molecule has 0 spiro atoms. The lowest BCUT2D eigenvalue weighted by atomic mass is 10.2. The summed E-state index contributed by atoms with van der Waals surface area (Å²) in [5.41, 5.74) is 1.13. The maximum absolute atomic E-state index is 5.73. The summed E-state index contributed by atoms with van der Waals surface area (Å²) in [4.78, 5) is 0. The molecule has 0 N–H and O–H groups in total. The van der Waals surface area contributed by atoms with Crippen LogP contribution in [0.3, 0.4) is 0 Å². The molecule has 0 fully saturated rings. The number of halogens is 1. The molecule has 1 rings (SSSR count). The Bertz CT molecular complexity index is 233. The molecule has 0 aliphatic carbocycles. The van der Waals surface area contributed by atoms with E-state index in [1.807, 2.05) is 24.3 Å². The first-order chi connectivity index (χ1) is 6.33. The lowest BCUT2D eigenvalue weighted by Gasteiger charge is -2.03. The van der Waals surface area contributed by atoms with Crippen LogP contribution in [0, 0.1) is 0 Å². The monoisotopic (exact) mass is 200 g/mol. The molecule has 0 radical (unpaired) electrons. The molecule has 1 aromatic carbocycles. The Hall–Kier alpha value is -0.570. The lowest BCUT2D eigenvalue weighted by Crippen LogP contribution is -2.01. The Kier molecular flexibility index (Phi) is 4.83. The van der Waals surface area contributed by atoms with Crippen molar-refractivity contribution in [3.63, 3.8) is 0 Å². The van der Waals surface area contributed by atoms with Gasteiger partial charge in [0.05, 0.1) is 19.8 Å². The average molecular weight is 201 g/mol. The molecule has 0 bridgehead atoms. The van der Waals surface area contributed by atoms with Crippen LogP contribution >= 0.6 is 11.6 Å². The number of ether oxygens (including phenoxy) is 2. The third kappa shape index (κ3) is 4.27. The zero-order chi connectivity index (χ0) is 9.52. The van der Waals surface area contributed by atoms with Crippen molar-refractivity contribution in [1.82, 2.24) is 0 Å². The normalized spacial score (nSPS) is 10.3. The predicted octanol–water partition coefficient (Wildman–Crippen LogP) is 2.50. The number of rotatable bonds is 5. The van der Waals surface area contributed by atoms with Crippen LogP contribution in [0.1, 0.15) is 5.56 Å². The van der Waals surface area contributed by atoms with Crippen molar-refractivity contribution in [3.05, 3.63) is 34.9 Å². The molecule has 72 valence electrons. The van der Waals surface area contributed by atoms with E-state index in [1.54, 1.807) is 7.11 Å². The van der Waals surface area contributed by atoms with Crippen LogP contribution in [0.5, 0.6) is 0 Å². The number of hydrogen-bond donors (Lipinski definition) is 0. The van der Waals surface area contributed by atoms with E-state index in [4.69, 9.17) is 21.1 Å². The Morgan fingerprint density at radius 3 is 2.46 bits per heavy atom. The van der Waals surface area contributed by atoms with Crippen LogP contribution < -0.4 is 0 Å². The highest BCUT2D eigenvalue weighted by molar-refractivity contribution is 6.30. The average Bonchev–Trinajstić information content (AvgIpc) is 2.15. The summed E-state index contributed by atoms with van der Waals surface area (Å²) in [6.07, 6.45) is 0. The van der Waals surface area contributed by atoms with E-state index in [1.165, 1.54) is 0 Å². The van der Waals surface area contributed by atoms with Crippen molar-refractivity contribution in [3.8, 4) is 0 Å². The molecule has 0 saturated heterocycles. The first kappa shape index (κ1) is 10.5. The maximum atomic E-state index is 5.73. The van der Waals surface area contributed by atoms with Crippen LogP contribution in [-0.4, -0.2) is 20.3 Å². The van der Waals surface area contributed by atoms with Crippen molar-refractivity contribution in [2.45, 2.75) is 6.61 Å². The smallest absolute Gasteiger partial charge is 0.0718 e. The highest BCUT2D eigenvalue weighted by Gasteiger charge is 1.92. The zero-order valence-corrected chi connectivity index (χ0v) is 8.38. The van der Waals surface area contributed by atoms with E-state index in [0.29, 0.717) is 19.8 Å². The molecule has 0 unspecified atom stereocenters. The van der Waals surface area contributed by atoms with E-state index in [9.17, 15) is 0 Å². The van der Waals surface area contributed by atoms with Gasteiger partial charge in [-0.1, -0.05) is 23.7 Å². The molecular weight excluding hydrogens is 188 g/mol. The topological polar surface area (TPSA) is 18.5 Å². The summed E-state index contributed by atoms with van der Waals surface area (Å²) in [5.74, 6) is 0. The van der Waals surface area contributed by atoms with Crippen LogP contribution in [-0.2, 0) is 16.1 Å². The summed E-state index contributed by atoms with van der Waals surface area (Å²) in [5, 5.41) is 0.751. The van der Waals surface area contributed by atoms with E-state index >= 15 is 0 Å². The second-order valence-electron chi connectivity index (χ2n) is 2.67. The Morgan fingerprint density at radius 1 is 1.15 bits per heavy atom. The SMILES string of the molecule is COCCOCc1ccc(Cl)cc1. The number of benzene rings is 1. The highest BCUT2D eigenvalue weighted by Crippen LogP contribution is 2.09. The van der Waals surface area contributed by atoms with Crippen molar-refractivity contribution < 1.29 is 9.47 Å². The second kappa shape index (κ2) is 5.97. The van der Waals surface area contributed by atoms with Crippen molar-refractivity contribution >= 4 is 11.6 Å². The quantitative estimate of drug-likeness (QED) is 0.680. The number of methoxy groups -OCH3 is 1. The summed E-state index contributed by atoms with van der Waals surface area (Å²) >= 11 is 5.73. The molecular formula is C10H13ClO2. The summed E-state index contributed by atoms with van der Waals surface area (Å²) in [6, 6.07) is 7.62. The first-order valence-corrected chi connectivity index (χ1v) is 4.52. The fourth-order valence-electron chi connectivity index (χ4n) is 0.913. The summed E-state index contributed by atoms with van der Waals surface area (Å²) < 4.78 is 10.2. The van der Waals surface area contributed by atoms with Crippen LogP contribution in [0.2, 0.25) is 5.02 Å². The molecule has 0 atom stereocenters.